The summed E-state index contributed by atoms with van der Waals surface area (Å²) in [4.78, 5) is 4.37. The van der Waals surface area contributed by atoms with Crippen molar-refractivity contribution in [2.24, 2.45) is 0 Å². The second-order valence-electron chi connectivity index (χ2n) is 5.90. The van der Waals surface area contributed by atoms with E-state index in [1.54, 1.807) is 6.20 Å². The number of pyridine rings is 1. The zero-order valence-corrected chi connectivity index (χ0v) is 13.1. The minimum Gasteiger partial charge on any atom is -0.492 e. The van der Waals surface area contributed by atoms with Crippen molar-refractivity contribution in [3.8, 4) is 5.75 Å². The molecule has 0 unspecified atom stereocenters. The number of hydrogen-bond acceptors (Lipinski definition) is 4. The van der Waals surface area contributed by atoms with Gasteiger partial charge in [0.25, 0.3) is 0 Å². The van der Waals surface area contributed by atoms with Crippen LogP contribution in [0.25, 0.3) is 0 Å². The van der Waals surface area contributed by atoms with E-state index >= 15 is 0 Å². The molecule has 0 bridgehead atoms. The lowest BCUT2D eigenvalue weighted by molar-refractivity contribution is 0.308. The van der Waals surface area contributed by atoms with Gasteiger partial charge in [0.15, 0.2) is 5.82 Å². The van der Waals surface area contributed by atoms with Crippen LogP contribution in [0.5, 0.6) is 5.75 Å². The lowest BCUT2D eigenvalue weighted by Gasteiger charge is -2.06. The van der Waals surface area contributed by atoms with Crippen molar-refractivity contribution < 1.29 is 4.74 Å². The maximum Gasteiger partial charge on any atom is 0.153 e. The van der Waals surface area contributed by atoms with Crippen molar-refractivity contribution >= 4 is 11.6 Å². The maximum atomic E-state index is 5.61. The molecule has 0 aromatic carbocycles. The first kappa shape index (κ1) is 14.9. The van der Waals surface area contributed by atoms with Crippen molar-refractivity contribution in [1.29, 1.82) is 0 Å². The van der Waals surface area contributed by atoms with Crippen LogP contribution in [0.2, 0.25) is 0 Å². The van der Waals surface area contributed by atoms with Crippen molar-refractivity contribution in [2.75, 3.05) is 11.9 Å². The van der Waals surface area contributed by atoms with E-state index in [9.17, 15) is 0 Å². The monoisotopic (exact) mass is 300 g/mol. The molecule has 2 aromatic rings. The summed E-state index contributed by atoms with van der Waals surface area (Å²) in [5, 5.41) is 10.7. The van der Waals surface area contributed by atoms with Crippen LogP contribution in [0.15, 0.2) is 24.4 Å². The lowest BCUT2D eigenvalue weighted by Crippen LogP contribution is -1.98. The fraction of sp³-hybridized carbons (Fsp3) is 0.529. The van der Waals surface area contributed by atoms with E-state index in [1.165, 1.54) is 31.4 Å². The Hall–Kier alpha value is -2.04. The van der Waals surface area contributed by atoms with Gasteiger partial charge in [0.1, 0.15) is 11.6 Å². The zero-order chi connectivity index (χ0) is 15.2. The summed E-state index contributed by atoms with van der Waals surface area (Å²) in [6.07, 6.45) is 9.14. The number of rotatable bonds is 7. The van der Waals surface area contributed by atoms with Crippen LogP contribution in [-0.2, 0) is 0 Å². The van der Waals surface area contributed by atoms with Gasteiger partial charge < -0.3 is 10.1 Å². The van der Waals surface area contributed by atoms with Gasteiger partial charge >= 0.3 is 0 Å². The minimum atomic E-state index is 0.644. The largest absolute Gasteiger partial charge is 0.492 e. The molecule has 1 aliphatic rings. The molecule has 0 atom stereocenters. The van der Waals surface area contributed by atoms with Gasteiger partial charge in [0, 0.05) is 17.7 Å². The molecule has 0 aliphatic heterocycles. The molecular formula is C17H24N4O. The van der Waals surface area contributed by atoms with E-state index in [0.29, 0.717) is 5.92 Å². The minimum absolute atomic E-state index is 0.644. The first-order valence-electron chi connectivity index (χ1n) is 8.26. The third-order valence-electron chi connectivity index (χ3n) is 4.15. The molecule has 2 N–H and O–H groups in total. The number of H-pyrrole nitrogens is 1. The second kappa shape index (κ2) is 7.29. The SMILES string of the molecule is CCCCOc1ccc(Nc2cc(C3CCCC3)[nH]n2)nc1. The van der Waals surface area contributed by atoms with Gasteiger partial charge in [-0.25, -0.2) is 4.98 Å². The van der Waals surface area contributed by atoms with Gasteiger partial charge in [-0.1, -0.05) is 26.2 Å². The van der Waals surface area contributed by atoms with Crippen molar-refractivity contribution in [2.45, 2.75) is 51.4 Å². The Labute approximate surface area is 131 Å². The Balaban J connectivity index is 1.56. The summed E-state index contributed by atoms with van der Waals surface area (Å²) in [7, 11) is 0. The van der Waals surface area contributed by atoms with Gasteiger partial charge in [0.2, 0.25) is 0 Å². The number of aromatic nitrogens is 3. The molecule has 22 heavy (non-hydrogen) atoms. The Kier molecular flexibility index (Phi) is 4.93. The molecule has 118 valence electrons. The first-order valence-corrected chi connectivity index (χ1v) is 8.26. The second-order valence-corrected chi connectivity index (χ2v) is 5.90. The molecule has 1 saturated carbocycles. The molecule has 5 heteroatoms. The number of anilines is 2. The normalized spacial score (nSPS) is 15.1. The standard InChI is InChI=1S/C17H24N4O/c1-2-3-10-22-14-8-9-16(18-12-14)19-17-11-15(20-21-17)13-6-4-5-7-13/h8-9,11-13H,2-7,10H2,1H3,(H2,18,19,20,21). The highest BCUT2D eigenvalue weighted by molar-refractivity contribution is 5.52. The number of unbranched alkanes of at least 4 members (excludes halogenated alkanes) is 1. The third kappa shape index (κ3) is 3.78. The molecule has 5 nitrogen and oxygen atoms in total. The van der Waals surface area contributed by atoms with Crippen LogP contribution < -0.4 is 10.1 Å². The third-order valence-corrected chi connectivity index (χ3v) is 4.15. The van der Waals surface area contributed by atoms with Crippen LogP contribution >= 0.6 is 0 Å². The fourth-order valence-electron chi connectivity index (χ4n) is 2.85. The first-order chi connectivity index (χ1) is 10.8. The average molecular weight is 300 g/mol. The molecule has 3 rings (SSSR count). The Morgan fingerprint density at radius 1 is 1.27 bits per heavy atom. The molecule has 2 heterocycles. The van der Waals surface area contributed by atoms with Crippen LogP contribution in [0.1, 0.15) is 57.1 Å². The smallest absolute Gasteiger partial charge is 0.153 e. The summed E-state index contributed by atoms with van der Waals surface area (Å²) >= 11 is 0. The molecular weight excluding hydrogens is 276 g/mol. The van der Waals surface area contributed by atoms with Gasteiger partial charge in [0.05, 0.1) is 12.8 Å². The number of aromatic amines is 1. The highest BCUT2D eigenvalue weighted by atomic mass is 16.5. The Bertz CT molecular complexity index is 573. The van der Waals surface area contributed by atoms with E-state index in [0.717, 1.165) is 36.8 Å². The van der Waals surface area contributed by atoms with E-state index in [2.05, 4.69) is 33.5 Å². The molecule has 2 aromatic heterocycles. The van der Waals surface area contributed by atoms with E-state index in [4.69, 9.17) is 4.74 Å². The Morgan fingerprint density at radius 3 is 2.86 bits per heavy atom. The summed E-state index contributed by atoms with van der Waals surface area (Å²) in [6, 6.07) is 5.96. The summed E-state index contributed by atoms with van der Waals surface area (Å²) in [5.74, 6) is 3.07. The van der Waals surface area contributed by atoms with Crippen molar-refractivity contribution in [3.63, 3.8) is 0 Å². The molecule has 0 amide bonds. The molecule has 0 saturated heterocycles. The fourth-order valence-corrected chi connectivity index (χ4v) is 2.85. The number of nitrogens with zero attached hydrogens (tertiary/aromatic N) is 2. The van der Waals surface area contributed by atoms with E-state index < -0.39 is 0 Å². The lowest BCUT2D eigenvalue weighted by atomic mass is 10.0. The highest BCUT2D eigenvalue weighted by Gasteiger charge is 2.19. The number of nitrogens with one attached hydrogen (secondary N) is 2. The van der Waals surface area contributed by atoms with Crippen molar-refractivity contribution in [3.05, 3.63) is 30.1 Å². The van der Waals surface area contributed by atoms with Gasteiger partial charge in [-0.3, -0.25) is 5.10 Å². The predicted octanol–water partition coefficient (Wildman–Crippen LogP) is 4.38. The van der Waals surface area contributed by atoms with Crippen LogP contribution in [-0.4, -0.2) is 21.8 Å². The van der Waals surface area contributed by atoms with Gasteiger partial charge in [-0.2, -0.15) is 5.10 Å². The maximum absolute atomic E-state index is 5.61. The zero-order valence-electron chi connectivity index (χ0n) is 13.1. The predicted molar refractivity (Wildman–Crippen MR) is 87.7 cm³/mol. The highest BCUT2D eigenvalue weighted by Crippen LogP contribution is 2.33. The van der Waals surface area contributed by atoms with Crippen LogP contribution in [0.4, 0.5) is 11.6 Å². The topological polar surface area (TPSA) is 62.8 Å². The summed E-state index contributed by atoms with van der Waals surface area (Å²) < 4.78 is 5.61. The summed E-state index contributed by atoms with van der Waals surface area (Å²) in [6.45, 7) is 2.90. The van der Waals surface area contributed by atoms with E-state index in [1.807, 2.05) is 12.1 Å². The number of hydrogen-bond donors (Lipinski definition) is 2. The molecule has 1 fully saturated rings. The molecule has 1 aliphatic carbocycles. The molecule has 0 spiro atoms. The average Bonchev–Trinajstić information content (AvgIpc) is 3.20. The Morgan fingerprint density at radius 2 is 2.14 bits per heavy atom. The van der Waals surface area contributed by atoms with Crippen molar-refractivity contribution in [1.82, 2.24) is 15.2 Å². The quantitative estimate of drug-likeness (QED) is 0.745. The van der Waals surface area contributed by atoms with E-state index in [-0.39, 0.29) is 0 Å². The summed E-state index contributed by atoms with van der Waals surface area (Å²) in [5.41, 5.74) is 1.24. The van der Waals surface area contributed by atoms with Gasteiger partial charge in [-0.05, 0) is 31.4 Å². The number of ether oxygens (including phenoxy) is 1. The van der Waals surface area contributed by atoms with Gasteiger partial charge in [-0.15, -0.1) is 0 Å². The van der Waals surface area contributed by atoms with Crippen LogP contribution in [0, 0.1) is 0 Å². The van der Waals surface area contributed by atoms with Crippen LogP contribution in [0.3, 0.4) is 0 Å². The molecule has 0 radical (unpaired) electrons.